The second-order valence-electron chi connectivity index (χ2n) is 4.74. The highest BCUT2D eigenvalue weighted by Gasteiger charge is 2.31. The number of likely N-dealkylation sites (N-methyl/N-ethyl adjacent to an activating group) is 2. The predicted molar refractivity (Wildman–Crippen MR) is 53.5 cm³/mol. The highest BCUT2D eigenvalue weighted by atomic mass is 16.2. The molecular weight excluding hydrogens is 164 g/mol. The SMILES string of the molecule is CNC1CCC(C)(C)CN(C)C1=O. The van der Waals surface area contributed by atoms with Crippen molar-refractivity contribution in [1.29, 1.82) is 0 Å². The molecule has 0 bridgehead atoms. The van der Waals surface area contributed by atoms with Gasteiger partial charge in [0.1, 0.15) is 0 Å². The fourth-order valence-electron chi connectivity index (χ4n) is 1.99. The van der Waals surface area contributed by atoms with Gasteiger partial charge in [0, 0.05) is 13.6 Å². The van der Waals surface area contributed by atoms with Gasteiger partial charge in [-0.15, -0.1) is 0 Å². The van der Waals surface area contributed by atoms with Crippen molar-refractivity contribution in [2.24, 2.45) is 5.41 Å². The summed E-state index contributed by atoms with van der Waals surface area (Å²) in [5.74, 6) is 0.230. The van der Waals surface area contributed by atoms with Gasteiger partial charge in [-0.1, -0.05) is 13.8 Å². The highest BCUT2D eigenvalue weighted by molar-refractivity contribution is 5.81. The van der Waals surface area contributed by atoms with Gasteiger partial charge in [0.25, 0.3) is 0 Å². The topological polar surface area (TPSA) is 32.3 Å². The molecule has 1 unspecified atom stereocenters. The molecule has 3 heteroatoms. The van der Waals surface area contributed by atoms with Crippen LogP contribution in [0.4, 0.5) is 0 Å². The van der Waals surface area contributed by atoms with E-state index in [1.54, 1.807) is 0 Å². The molecule has 0 aromatic rings. The fraction of sp³-hybridized carbons (Fsp3) is 0.900. The van der Waals surface area contributed by atoms with Gasteiger partial charge < -0.3 is 10.2 Å². The number of rotatable bonds is 1. The van der Waals surface area contributed by atoms with Gasteiger partial charge in [-0.05, 0) is 25.3 Å². The van der Waals surface area contributed by atoms with Crippen molar-refractivity contribution in [3.63, 3.8) is 0 Å². The number of carbonyl (C=O) groups excluding carboxylic acids is 1. The largest absolute Gasteiger partial charge is 0.344 e. The van der Waals surface area contributed by atoms with Gasteiger partial charge in [-0.2, -0.15) is 0 Å². The number of nitrogens with one attached hydrogen (secondary N) is 1. The molecule has 1 heterocycles. The summed E-state index contributed by atoms with van der Waals surface area (Å²) in [4.78, 5) is 13.6. The summed E-state index contributed by atoms with van der Waals surface area (Å²) in [5.41, 5.74) is 0.260. The summed E-state index contributed by atoms with van der Waals surface area (Å²) in [6.45, 7) is 5.30. The summed E-state index contributed by atoms with van der Waals surface area (Å²) < 4.78 is 0. The van der Waals surface area contributed by atoms with Crippen LogP contribution in [-0.4, -0.2) is 37.5 Å². The lowest BCUT2D eigenvalue weighted by atomic mass is 9.87. The van der Waals surface area contributed by atoms with Crippen molar-refractivity contribution in [2.45, 2.75) is 32.7 Å². The summed E-state index contributed by atoms with van der Waals surface area (Å²) in [5, 5.41) is 3.07. The van der Waals surface area contributed by atoms with Crippen LogP contribution in [0.3, 0.4) is 0 Å². The van der Waals surface area contributed by atoms with Crippen LogP contribution in [0.2, 0.25) is 0 Å². The Balaban J connectivity index is 2.74. The van der Waals surface area contributed by atoms with Gasteiger partial charge in [0.15, 0.2) is 0 Å². The van der Waals surface area contributed by atoms with Crippen molar-refractivity contribution >= 4 is 5.91 Å². The number of amides is 1. The maximum Gasteiger partial charge on any atom is 0.239 e. The van der Waals surface area contributed by atoms with Crippen LogP contribution in [0.1, 0.15) is 26.7 Å². The molecule has 0 saturated carbocycles. The van der Waals surface area contributed by atoms with E-state index in [0.29, 0.717) is 0 Å². The Bertz CT molecular complexity index is 201. The van der Waals surface area contributed by atoms with Crippen LogP contribution >= 0.6 is 0 Å². The van der Waals surface area contributed by atoms with E-state index in [0.717, 1.165) is 19.4 Å². The Labute approximate surface area is 80.5 Å². The lowest BCUT2D eigenvalue weighted by molar-refractivity contribution is -0.132. The van der Waals surface area contributed by atoms with E-state index in [4.69, 9.17) is 0 Å². The smallest absolute Gasteiger partial charge is 0.239 e. The predicted octanol–water partition coefficient (Wildman–Crippen LogP) is 0.853. The van der Waals surface area contributed by atoms with Gasteiger partial charge in [-0.3, -0.25) is 4.79 Å². The van der Waals surface area contributed by atoms with Crippen molar-refractivity contribution in [2.75, 3.05) is 20.6 Å². The molecule has 1 aliphatic heterocycles. The molecule has 0 aromatic carbocycles. The lowest BCUT2D eigenvalue weighted by Gasteiger charge is -2.26. The van der Waals surface area contributed by atoms with Gasteiger partial charge in [0.2, 0.25) is 5.91 Å². The molecule has 0 aliphatic carbocycles. The van der Waals surface area contributed by atoms with Crippen LogP contribution in [0, 0.1) is 5.41 Å². The molecule has 1 rings (SSSR count). The molecule has 0 spiro atoms. The van der Waals surface area contributed by atoms with E-state index in [1.807, 2.05) is 19.0 Å². The highest BCUT2D eigenvalue weighted by Crippen LogP contribution is 2.27. The number of hydrogen-bond acceptors (Lipinski definition) is 2. The van der Waals surface area contributed by atoms with Crippen LogP contribution in [-0.2, 0) is 4.79 Å². The third-order valence-corrected chi connectivity index (χ3v) is 2.80. The first kappa shape index (κ1) is 10.5. The van der Waals surface area contributed by atoms with E-state index >= 15 is 0 Å². The Kier molecular flexibility index (Phi) is 2.96. The van der Waals surface area contributed by atoms with Gasteiger partial charge in [0.05, 0.1) is 6.04 Å². The van der Waals surface area contributed by atoms with E-state index in [9.17, 15) is 4.79 Å². The van der Waals surface area contributed by atoms with Crippen LogP contribution in [0.15, 0.2) is 0 Å². The van der Waals surface area contributed by atoms with Crippen molar-refractivity contribution in [3.8, 4) is 0 Å². The van der Waals surface area contributed by atoms with E-state index in [1.165, 1.54) is 0 Å². The molecule has 13 heavy (non-hydrogen) atoms. The van der Waals surface area contributed by atoms with E-state index in [2.05, 4.69) is 19.2 Å². The molecule has 1 saturated heterocycles. The Morgan fingerprint density at radius 1 is 1.54 bits per heavy atom. The molecule has 76 valence electrons. The number of hydrogen-bond donors (Lipinski definition) is 1. The minimum atomic E-state index is 0.0202. The van der Waals surface area contributed by atoms with Crippen LogP contribution < -0.4 is 5.32 Å². The Hall–Kier alpha value is -0.570. The molecule has 0 radical (unpaired) electrons. The first-order valence-corrected chi connectivity index (χ1v) is 4.88. The van der Waals surface area contributed by atoms with Gasteiger partial charge in [-0.25, -0.2) is 0 Å². The lowest BCUT2D eigenvalue weighted by Crippen LogP contribution is -2.42. The summed E-state index contributed by atoms with van der Waals surface area (Å²) in [6, 6.07) is 0.0202. The standard InChI is InChI=1S/C10H20N2O/c1-10(2)6-5-8(11-3)9(13)12(4)7-10/h8,11H,5-7H2,1-4H3. The molecule has 1 fully saturated rings. The maximum absolute atomic E-state index is 11.7. The summed E-state index contributed by atoms with van der Waals surface area (Å²) in [6.07, 6.45) is 2.06. The zero-order valence-corrected chi connectivity index (χ0v) is 9.05. The number of likely N-dealkylation sites (tertiary alicyclic amines) is 1. The zero-order chi connectivity index (χ0) is 10.1. The van der Waals surface area contributed by atoms with E-state index in [-0.39, 0.29) is 17.4 Å². The minimum Gasteiger partial charge on any atom is -0.344 e. The molecule has 0 aromatic heterocycles. The molecule has 1 atom stereocenters. The molecule has 1 aliphatic rings. The Morgan fingerprint density at radius 2 is 2.15 bits per heavy atom. The number of nitrogens with zero attached hydrogens (tertiary/aromatic N) is 1. The molecule has 1 N–H and O–H groups in total. The first-order chi connectivity index (χ1) is 5.96. The molecule has 3 nitrogen and oxygen atoms in total. The molecular formula is C10H20N2O. The Morgan fingerprint density at radius 3 is 2.69 bits per heavy atom. The average molecular weight is 184 g/mol. The third kappa shape index (κ3) is 2.44. The third-order valence-electron chi connectivity index (χ3n) is 2.80. The molecule has 1 amide bonds. The van der Waals surface area contributed by atoms with Crippen molar-refractivity contribution in [1.82, 2.24) is 10.2 Å². The summed E-state index contributed by atoms with van der Waals surface area (Å²) in [7, 11) is 3.74. The average Bonchev–Trinajstić information content (AvgIpc) is 2.11. The monoisotopic (exact) mass is 184 g/mol. The summed E-state index contributed by atoms with van der Waals surface area (Å²) >= 11 is 0. The second-order valence-corrected chi connectivity index (χ2v) is 4.74. The quantitative estimate of drug-likeness (QED) is 0.655. The van der Waals surface area contributed by atoms with Crippen LogP contribution in [0.5, 0.6) is 0 Å². The normalized spacial score (nSPS) is 28.8. The minimum absolute atomic E-state index is 0.0202. The number of carbonyl (C=O) groups is 1. The maximum atomic E-state index is 11.7. The first-order valence-electron chi connectivity index (χ1n) is 4.88. The zero-order valence-electron chi connectivity index (χ0n) is 9.05. The van der Waals surface area contributed by atoms with Crippen LogP contribution in [0.25, 0.3) is 0 Å². The van der Waals surface area contributed by atoms with E-state index < -0.39 is 0 Å². The fourth-order valence-corrected chi connectivity index (χ4v) is 1.99. The second kappa shape index (κ2) is 3.66. The van der Waals surface area contributed by atoms with Crippen molar-refractivity contribution in [3.05, 3.63) is 0 Å². The van der Waals surface area contributed by atoms with Gasteiger partial charge >= 0.3 is 0 Å². The van der Waals surface area contributed by atoms with Crippen molar-refractivity contribution < 1.29 is 4.79 Å².